The molecule has 0 saturated heterocycles. The quantitative estimate of drug-likeness (QED) is 0.584. The van der Waals surface area contributed by atoms with Gasteiger partial charge in [0, 0.05) is 5.37 Å². The molecule has 0 aromatic heterocycles. The minimum absolute atomic E-state index is 0.0833. The Hall–Kier alpha value is -0.870. The highest BCUT2D eigenvalue weighted by molar-refractivity contribution is 7.81. The lowest BCUT2D eigenvalue weighted by atomic mass is 10.2. The van der Waals surface area contributed by atoms with Crippen LogP contribution in [0, 0.1) is 0 Å². The smallest absolute Gasteiger partial charge is 0.313 e. The van der Waals surface area contributed by atoms with Crippen molar-refractivity contribution in [2.24, 2.45) is 0 Å². The van der Waals surface area contributed by atoms with Crippen LogP contribution in [-0.4, -0.2) is 22.2 Å². The molecule has 2 nitrogen and oxygen atoms in total. The number of carbonyl (C=O) groups is 1. The largest absolute Gasteiger partial charge is 0.481 e. The first kappa shape index (κ1) is 12.1. The van der Waals surface area contributed by atoms with Crippen LogP contribution in [0.3, 0.4) is 0 Å². The molecule has 0 fully saturated rings. The summed E-state index contributed by atoms with van der Waals surface area (Å²) in [7, 11) is 0. The van der Waals surface area contributed by atoms with Gasteiger partial charge in [-0.2, -0.15) is 12.6 Å². The number of thiocarbonyl (C=S) groups is 1. The first-order valence-corrected chi connectivity index (χ1v) is 4.64. The molecule has 1 N–H and O–H groups in total. The van der Waals surface area contributed by atoms with E-state index in [0.29, 0.717) is 0 Å². The molecule has 1 aromatic carbocycles. The fourth-order valence-corrected chi connectivity index (χ4v) is 0.689. The van der Waals surface area contributed by atoms with Gasteiger partial charge in [0.05, 0.1) is 5.75 Å². The fourth-order valence-electron chi connectivity index (χ4n) is 0.532. The van der Waals surface area contributed by atoms with Crippen LogP contribution in [-0.2, 0) is 4.79 Å². The third-order valence-electron chi connectivity index (χ3n) is 1.07. The van der Waals surface area contributed by atoms with Gasteiger partial charge in [0.1, 0.15) is 0 Å². The van der Waals surface area contributed by atoms with E-state index in [0.717, 1.165) is 5.56 Å². The Balaban J connectivity index is 0.000000252. The fraction of sp³-hybridized carbons (Fsp3) is 0.111. The van der Waals surface area contributed by atoms with E-state index in [-0.39, 0.29) is 5.75 Å². The monoisotopic (exact) mass is 214 g/mol. The lowest BCUT2D eigenvalue weighted by Gasteiger charge is -1.84. The van der Waals surface area contributed by atoms with E-state index >= 15 is 0 Å². The Morgan fingerprint density at radius 2 is 1.92 bits per heavy atom. The normalized spacial score (nSPS) is 8.08. The number of hydrogen-bond donors (Lipinski definition) is 2. The van der Waals surface area contributed by atoms with Crippen LogP contribution in [0.1, 0.15) is 5.56 Å². The average molecular weight is 214 g/mol. The second-order valence-electron chi connectivity index (χ2n) is 2.08. The molecule has 0 bridgehead atoms. The minimum Gasteiger partial charge on any atom is -0.481 e. The van der Waals surface area contributed by atoms with Crippen molar-refractivity contribution in [1.82, 2.24) is 0 Å². The summed E-state index contributed by atoms with van der Waals surface area (Å²) in [4.78, 5) is 9.29. The molecular formula is C9H10O2S2. The summed E-state index contributed by atoms with van der Waals surface area (Å²) in [5.41, 5.74) is 1.10. The molecule has 1 aromatic rings. The molecule has 13 heavy (non-hydrogen) atoms. The van der Waals surface area contributed by atoms with E-state index in [2.05, 4.69) is 12.6 Å². The molecule has 0 amide bonds. The van der Waals surface area contributed by atoms with Gasteiger partial charge >= 0.3 is 5.97 Å². The molecule has 0 aliphatic heterocycles. The number of carboxylic acids is 1. The molecule has 1 rings (SSSR count). The lowest BCUT2D eigenvalue weighted by Crippen LogP contribution is -1.92. The van der Waals surface area contributed by atoms with Crippen molar-refractivity contribution < 1.29 is 9.90 Å². The van der Waals surface area contributed by atoms with Crippen molar-refractivity contribution in [1.29, 1.82) is 0 Å². The number of aliphatic carboxylic acids is 1. The lowest BCUT2D eigenvalue weighted by molar-refractivity contribution is -0.133. The van der Waals surface area contributed by atoms with Gasteiger partial charge in [0.15, 0.2) is 0 Å². The molecule has 70 valence electrons. The van der Waals surface area contributed by atoms with Gasteiger partial charge in [-0.3, -0.25) is 4.79 Å². The maximum atomic E-state index is 9.29. The zero-order valence-corrected chi connectivity index (χ0v) is 8.59. The van der Waals surface area contributed by atoms with Crippen LogP contribution in [0.4, 0.5) is 0 Å². The van der Waals surface area contributed by atoms with Crippen molar-refractivity contribution in [3.05, 3.63) is 35.9 Å². The van der Waals surface area contributed by atoms with Gasteiger partial charge in [-0.1, -0.05) is 42.5 Å². The van der Waals surface area contributed by atoms with E-state index in [1.54, 1.807) is 5.37 Å². The third-order valence-corrected chi connectivity index (χ3v) is 1.61. The number of carboxylic acid groups (broad SMARTS) is 1. The molecule has 0 saturated carbocycles. The Morgan fingerprint density at radius 1 is 1.46 bits per heavy atom. The Kier molecular flexibility index (Phi) is 7.24. The van der Waals surface area contributed by atoms with Crippen molar-refractivity contribution in [2.75, 3.05) is 5.75 Å². The van der Waals surface area contributed by atoms with Gasteiger partial charge in [-0.25, -0.2) is 0 Å². The van der Waals surface area contributed by atoms with Crippen molar-refractivity contribution >= 4 is 36.2 Å². The molecule has 0 unspecified atom stereocenters. The van der Waals surface area contributed by atoms with Gasteiger partial charge in [0.25, 0.3) is 0 Å². The van der Waals surface area contributed by atoms with Gasteiger partial charge in [0.2, 0.25) is 0 Å². The molecule has 0 atom stereocenters. The van der Waals surface area contributed by atoms with E-state index < -0.39 is 5.97 Å². The molecular weight excluding hydrogens is 204 g/mol. The number of hydrogen-bond acceptors (Lipinski definition) is 3. The molecule has 4 heteroatoms. The molecule has 0 radical (unpaired) electrons. The molecule has 0 aliphatic rings. The summed E-state index contributed by atoms with van der Waals surface area (Å²) in [5.74, 6) is -0.965. The van der Waals surface area contributed by atoms with Crippen molar-refractivity contribution in [3.63, 3.8) is 0 Å². The van der Waals surface area contributed by atoms with Crippen LogP contribution < -0.4 is 0 Å². The summed E-state index contributed by atoms with van der Waals surface area (Å²) in [6.45, 7) is 0. The standard InChI is InChI=1S/C7H6S.C2H4O2S/c8-6-7-4-2-1-3-5-7;3-2(4)1-5/h1-6H;5H,1H2,(H,3,4). The van der Waals surface area contributed by atoms with E-state index in [1.165, 1.54) is 0 Å². The Bertz CT molecular complexity index is 260. The van der Waals surface area contributed by atoms with E-state index in [1.807, 2.05) is 30.3 Å². The van der Waals surface area contributed by atoms with Gasteiger partial charge in [-0.05, 0) is 5.56 Å². The van der Waals surface area contributed by atoms with Crippen LogP contribution in [0.15, 0.2) is 30.3 Å². The predicted octanol–water partition coefficient (Wildman–Crippen LogP) is 2.04. The third kappa shape index (κ3) is 7.49. The van der Waals surface area contributed by atoms with E-state index in [9.17, 15) is 4.79 Å². The van der Waals surface area contributed by atoms with Gasteiger partial charge < -0.3 is 5.11 Å². The van der Waals surface area contributed by atoms with Crippen molar-refractivity contribution in [3.8, 4) is 0 Å². The highest BCUT2D eigenvalue weighted by atomic mass is 32.1. The zero-order valence-electron chi connectivity index (χ0n) is 6.88. The highest BCUT2D eigenvalue weighted by Gasteiger charge is 1.81. The summed E-state index contributed by atoms with van der Waals surface area (Å²) in [6.07, 6.45) is 0. The number of rotatable bonds is 2. The summed E-state index contributed by atoms with van der Waals surface area (Å²) in [5, 5.41) is 9.31. The van der Waals surface area contributed by atoms with Crippen LogP contribution >= 0.6 is 24.8 Å². The van der Waals surface area contributed by atoms with Crippen LogP contribution in [0.2, 0.25) is 0 Å². The maximum Gasteiger partial charge on any atom is 0.313 e. The first-order valence-electron chi connectivity index (χ1n) is 3.53. The zero-order chi connectivity index (χ0) is 10.1. The Morgan fingerprint density at radius 3 is 2.15 bits per heavy atom. The number of thiol groups is 1. The molecule has 0 spiro atoms. The maximum absolute atomic E-state index is 9.29. The minimum atomic E-state index is -0.881. The Labute approximate surface area is 88.0 Å². The topological polar surface area (TPSA) is 37.3 Å². The highest BCUT2D eigenvalue weighted by Crippen LogP contribution is 1.92. The van der Waals surface area contributed by atoms with Crippen molar-refractivity contribution in [2.45, 2.75) is 0 Å². The second-order valence-corrected chi connectivity index (χ2v) is 2.63. The van der Waals surface area contributed by atoms with Gasteiger partial charge in [-0.15, -0.1) is 0 Å². The average Bonchev–Trinajstić information content (AvgIpc) is 2.20. The predicted molar refractivity (Wildman–Crippen MR) is 60.7 cm³/mol. The molecule has 0 heterocycles. The second kappa shape index (κ2) is 7.76. The molecule has 0 aliphatic carbocycles. The summed E-state index contributed by atoms with van der Waals surface area (Å²) >= 11 is 8.11. The first-order chi connectivity index (χ1) is 6.20. The van der Waals surface area contributed by atoms with Crippen LogP contribution in [0.5, 0.6) is 0 Å². The summed E-state index contributed by atoms with van der Waals surface area (Å²) in [6, 6.07) is 9.87. The van der Waals surface area contributed by atoms with Crippen LogP contribution in [0.25, 0.3) is 0 Å². The van der Waals surface area contributed by atoms with E-state index in [4.69, 9.17) is 17.3 Å². The summed E-state index contributed by atoms with van der Waals surface area (Å²) < 4.78 is 0. The SMILES string of the molecule is O=C(O)CS.S=Cc1ccccc1. The number of benzene rings is 1.